The first-order chi connectivity index (χ1) is 20.4. The van der Waals surface area contributed by atoms with Crippen LogP contribution in [0.5, 0.6) is 0 Å². The Morgan fingerprint density at radius 1 is 0.953 bits per heavy atom. The molecule has 8 nitrogen and oxygen atoms in total. The summed E-state index contributed by atoms with van der Waals surface area (Å²) in [6, 6.07) is 14.4. The number of carbonyl (C=O) groups is 2. The van der Waals surface area contributed by atoms with E-state index in [1.165, 1.54) is 15.9 Å². The largest absolute Gasteiger partial charge is 0.459 e. The zero-order valence-electron chi connectivity index (χ0n) is 24.0. The number of halogens is 2. The second kappa shape index (κ2) is 12.4. The Morgan fingerprint density at radius 3 is 2.28 bits per heavy atom. The summed E-state index contributed by atoms with van der Waals surface area (Å²) < 4.78 is 18.8. The Labute approximate surface area is 261 Å². The standard InChI is InChI=1S/C32H28Cl2N2O6S/c1-16(2)40-30(38)23-12-10-21(34)14-24(23)25-13-11-22(42-25)15-26-29(37)36-28(19-6-8-20(33)9-7-19)27(31(39)41-17(3)4)18(5)35-32(36)43-26/h6-17,28H,1-5H3/b26-15+/t28-/m0/s1. The molecular formula is C32H28Cl2N2O6S. The molecule has 0 fully saturated rings. The highest BCUT2D eigenvalue weighted by molar-refractivity contribution is 7.07. The maximum absolute atomic E-state index is 13.9. The normalized spacial score (nSPS) is 15.1. The van der Waals surface area contributed by atoms with Crippen molar-refractivity contribution in [3.8, 4) is 11.3 Å². The number of hydrogen-bond donors (Lipinski definition) is 0. The van der Waals surface area contributed by atoms with Crippen molar-refractivity contribution in [1.82, 2.24) is 4.57 Å². The van der Waals surface area contributed by atoms with Crippen LogP contribution in [0.3, 0.4) is 0 Å². The van der Waals surface area contributed by atoms with Crippen LogP contribution in [0.25, 0.3) is 17.4 Å². The zero-order valence-corrected chi connectivity index (χ0v) is 26.3. The third-order valence-electron chi connectivity index (χ3n) is 6.48. The van der Waals surface area contributed by atoms with Crippen molar-refractivity contribution in [3.05, 3.63) is 112 Å². The first-order valence-corrected chi connectivity index (χ1v) is 15.1. The maximum atomic E-state index is 13.9. The van der Waals surface area contributed by atoms with E-state index >= 15 is 0 Å². The van der Waals surface area contributed by atoms with Gasteiger partial charge in [0.15, 0.2) is 4.80 Å². The van der Waals surface area contributed by atoms with Crippen molar-refractivity contribution in [3.63, 3.8) is 0 Å². The first kappa shape index (κ1) is 30.5. The molecule has 0 aliphatic carbocycles. The minimum atomic E-state index is -0.768. The van der Waals surface area contributed by atoms with Gasteiger partial charge in [-0.15, -0.1) is 0 Å². The van der Waals surface area contributed by atoms with Crippen LogP contribution in [0, 0.1) is 0 Å². The minimum Gasteiger partial charge on any atom is -0.459 e. The number of esters is 2. The van der Waals surface area contributed by atoms with E-state index in [0.29, 0.717) is 53.3 Å². The number of thiazole rings is 1. The molecule has 0 bridgehead atoms. The molecule has 0 N–H and O–H groups in total. The SMILES string of the molecule is CC1=C(C(=O)OC(C)C)[C@H](c2ccc(Cl)cc2)n2c(s/c(=C/c3ccc(-c4cc(Cl)ccc4C(=O)OC(C)C)o3)c2=O)=N1. The van der Waals surface area contributed by atoms with Gasteiger partial charge in [0.25, 0.3) is 5.56 Å². The topological polar surface area (TPSA) is 100 Å². The summed E-state index contributed by atoms with van der Waals surface area (Å²) >= 11 is 13.6. The summed E-state index contributed by atoms with van der Waals surface area (Å²) in [6.45, 7) is 8.78. The van der Waals surface area contributed by atoms with E-state index < -0.39 is 18.0 Å². The number of hydrogen-bond acceptors (Lipinski definition) is 8. The van der Waals surface area contributed by atoms with Crippen LogP contribution in [0.15, 0.2) is 80.1 Å². The van der Waals surface area contributed by atoms with Crippen LogP contribution < -0.4 is 14.9 Å². The molecule has 0 radical (unpaired) electrons. The van der Waals surface area contributed by atoms with Crippen LogP contribution in [0.1, 0.15) is 62.3 Å². The zero-order chi connectivity index (χ0) is 31.0. The van der Waals surface area contributed by atoms with Gasteiger partial charge in [0.1, 0.15) is 11.5 Å². The van der Waals surface area contributed by atoms with Gasteiger partial charge in [-0.05, 0) is 82.6 Å². The van der Waals surface area contributed by atoms with Gasteiger partial charge in [0.05, 0.1) is 39.6 Å². The Bertz CT molecular complexity index is 1930. The fraction of sp³-hybridized carbons (Fsp3) is 0.250. The lowest BCUT2D eigenvalue weighted by Crippen LogP contribution is -2.40. The molecule has 0 spiro atoms. The van der Waals surface area contributed by atoms with E-state index in [1.54, 1.807) is 95.3 Å². The summed E-state index contributed by atoms with van der Waals surface area (Å²) in [6.07, 6.45) is 0.944. The molecule has 0 saturated carbocycles. The number of nitrogens with zero attached hydrogens (tertiary/aromatic N) is 2. The number of carbonyl (C=O) groups excluding carboxylic acids is 2. The third-order valence-corrected chi connectivity index (χ3v) is 7.95. The van der Waals surface area contributed by atoms with Crippen LogP contribution >= 0.6 is 34.5 Å². The highest BCUT2D eigenvalue weighted by Gasteiger charge is 2.33. The Kier molecular flexibility index (Phi) is 8.78. The number of aromatic nitrogens is 1. The highest BCUT2D eigenvalue weighted by atomic mass is 35.5. The molecule has 222 valence electrons. The molecule has 2 aromatic heterocycles. The molecule has 0 saturated heterocycles. The molecule has 1 aliphatic heterocycles. The lowest BCUT2D eigenvalue weighted by atomic mass is 9.96. The summed E-state index contributed by atoms with van der Waals surface area (Å²) in [5.41, 5.74) is 1.83. The van der Waals surface area contributed by atoms with Gasteiger partial charge in [-0.25, -0.2) is 14.6 Å². The van der Waals surface area contributed by atoms with E-state index in [9.17, 15) is 14.4 Å². The molecule has 11 heteroatoms. The van der Waals surface area contributed by atoms with Gasteiger partial charge in [0.2, 0.25) is 0 Å². The number of rotatable bonds is 7. The van der Waals surface area contributed by atoms with E-state index in [1.807, 2.05) is 0 Å². The third kappa shape index (κ3) is 6.39. The quantitative estimate of drug-likeness (QED) is 0.220. The molecule has 1 aliphatic rings. The number of ether oxygens (including phenoxy) is 2. The summed E-state index contributed by atoms with van der Waals surface area (Å²) in [4.78, 5) is 44.9. The molecule has 0 amide bonds. The van der Waals surface area contributed by atoms with Crippen LogP contribution in [-0.4, -0.2) is 28.7 Å². The average Bonchev–Trinajstić information content (AvgIpc) is 3.51. The Morgan fingerprint density at radius 2 is 1.60 bits per heavy atom. The predicted molar refractivity (Wildman–Crippen MR) is 166 cm³/mol. The van der Waals surface area contributed by atoms with Gasteiger partial charge in [-0.2, -0.15) is 0 Å². The smallest absolute Gasteiger partial charge is 0.339 e. The van der Waals surface area contributed by atoms with Gasteiger partial charge >= 0.3 is 11.9 Å². The van der Waals surface area contributed by atoms with Gasteiger partial charge in [-0.3, -0.25) is 9.36 Å². The molecule has 5 rings (SSSR count). The molecular weight excluding hydrogens is 611 g/mol. The molecule has 3 heterocycles. The lowest BCUT2D eigenvalue weighted by molar-refractivity contribution is -0.143. The fourth-order valence-corrected chi connectivity index (χ4v) is 6.03. The second-order valence-electron chi connectivity index (χ2n) is 10.4. The summed E-state index contributed by atoms with van der Waals surface area (Å²) in [7, 11) is 0. The van der Waals surface area contributed by atoms with E-state index in [-0.39, 0.29) is 23.3 Å². The van der Waals surface area contributed by atoms with E-state index in [2.05, 4.69) is 4.99 Å². The van der Waals surface area contributed by atoms with Gasteiger partial charge < -0.3 is 13.9 Å². The van der Waals surface area contributed by atoms with Crippen LogP contribution in [0.2, 0.25) is 10.0 Å². The Balaban J connectivity index is 1.60. The monoisotopic (exact) mass is 638 g/mol. The summed E-state index contributed by atoms with van der Waals surface area (Å²) in [5.74, 6) is -0.292. The van der Waals surface area contributed by atoms with E-state index in [0.717, 1.165) is 0 Å². The number of benzene rings is 2. The fourth-order valence-electron chi connectivity index (χ4n) is 4.70. The molecule has 0 unspecified atom stereocenters. The predicted octanol–water partition coefficient (Wildman–Crippen LogP) is 6.32. The second-order valence-corrected chi connectivity index (χ2v) is 12.3. The summed E-state index contributed by atoms with van der Waals surface area (Å²) in [5, 5.41) is 0.948. The number of allylic oxidation sites excluding steroid dienone is 1. The Hall–Kier alpha value is -3.92. The molecule has 4 aromatic rings. The highest BCUT2D eigenvalue weighted by Crippen LogP contribution is 2.32. The number of fused-ring (bicyclic) bond motifs is 1. The van der Waals surface area contributed by atoms with Crippen LogP contribution in [0.4, 0.5) is 0 Å². The van der Waals surface area contributed by atoms with Crippen molar-refractivity contribution in [2.45, 2.75) is 52.9 Å². The molecule has 1 atom stereocenters. The van der Waals surface area contributed by atoms with Crippen molar-refractivity contribution in [1.29, 1.82) is 0 Å². The van der Waals surface area contributed by atoms with Gasteiger partial charge in [-0.1, -0.05) is 46.7 Å². The van der Waals surface area contributed by atoms with Crippen molar-refractivity contribution in [2.75, 3.05) is 0 Å². The maximum Gasteiger partial charge on any atom is 0.339 e. The first-order valence-electron chi connectivity index (χ1n) is 13.5. The molecule has 43 heavy (non-hydrogen) atoms. The van der Waals surface area contributed by atoms with Crippen molar-refractivity contribution in [2.24, 2.45) is 4.99 Å². The average molecular weight is 640 g/mol. The van der Waals surface area contributed by atoms with Crippen molar-refractivity contribution >= 4 is 52.6 Å². The van der Waals surface area contributed by atoms with Gasteiger partial charge in [0, 0.05) is 21.7 Å². The lowest BCUT2D eigenvalue weighted by Gasteiger charge is -2.25. The minimum absolute atomic E-state index is 0.275. The van der Waals surface area contributed by atoms with Crippen molar-refractivity contribution < 1.29 is 23.5 Å². The molecule has 2 aromatic carbocycles. The van der Waals surface area contributed by atoms with Crippen LogP contribution in [-0.2, 0) is 14.3 Å². The number of furan rings is 1. The van der Waals surface area contributed by atoms with E-state index in [4.69, 9.17) is 37.1 Å².